The molecule has 1 saturated heterocycles. The quantitative estimate of drug-likeness (QED) is 0.0649. The van der Waals surface area contributed by atoms with Crippen molar-refractivity contribution in [1.82, 2.24) is 9.62 Å². The molecule has 0 unspecified atom stereocenters. The van der Waals surface area contributed by atoms with E-state index in [2.05, 4.69) is 9.71 Å². The molecular formula is C29H33IN6O7S2. The Morgan fingerprint density at radius 2 is 1.71 bits per heavy atom. The molecule has 0 spiro atoms. The Balaban J connectivity index is 1.76. The molecular weight excluding hydrogens is 735 g/mol. The molecule has 0 aliphatic carbocycles. The smallest absolute Gasteiger partial charge is 0.340 e. The Hall–Kier alpha value is -3.61. The van der Waals surface area contributed by atoms with Crippen molar-refractivity contribution in [3.8, 4) is 0 Å². The number of hydrogen-bond acceptors (Lipinski definition) is 9. The van der Waals surface area contributed by atoms with E-state index >= 15 is 0 Å². The minimum absolute atomic E-state index is 0.0539. The van der Waals surface area contributed by atoms with Crippen molar-refractivity contribution < 1.29 is 25.9 Å². The molecule has 45 heavy (non-hydrogen) atoms. The number of aryl methyl sites for hydroxylation is 1. The second kappa shape index (κ2) is 14.7. The molecule has 1 fully saturated rings. The van der Waals surface area contributed by atoms with Crippen molar-refractivity contribution >= 4 is 60.3 Å². The van der Waals surface area contributed by atoms with Crippen LogP contribution < -0.4 is 10.5 Å². The summed E-state index contributed by atoms with van der Waals surface area (Å²) in [4.78, 5) is 16.7. The van der Waals surface area contributed by atoms with Crippen molar-refractivity contribution in [3.05, 3.63) is 97.6 Å². The summed E-state index contributed by atoms with van der Waals surface area (Å²) < 4.78 is 63.1. The fraction of sp³-hybridized carbons (Fsp3) is 0.310. The van der Waals surface area contributed by atoms with Crippen LogP contribution in [-0.4, -0.2) is 64.2 Å². The largest absolute Gasteiger partial charge is 0.370 e. The highest BCUT2D eigenvalue weighted by Gasteiger charge is 2.31. The van der Waals surface area contributed by atoms with Crippen LogP contribution in [0.15, 0.2) is 87.6 Å². The van der Waals surface area contributed by atoms with Gasteiger partial charge in [0.05, 0.1) is 9.82 Å². The number of nitro benzene ring substituents is 1. The van der Waals surface area contributed by atoms with E-state index in [1.54, 1.807) is 36.1 Å². The molecule has 1 aliphatic rings. The number of nitro groups is 1. The molecule has 0 bridgehead atoms. The van der Waals surface area contributed by atoms with E-state index < -0.39 is 31.1 Å². The number of nitrogens with two attached hydrogens (primary N) is 1. The topological polar surface area (TPSA) is 198 Å². The Morgan fingerprint density at radius 3 is 2.31 bits per heavy atom. The molecule has 4 rings (SSSR count). The number of likely N-dealkylation sites (tertiary alicyclic amines) is 1. The molecule has 4 N–H and O–H groups in total. The maximum absolute atomic E-state index is 13.6. The molecule has 0 saturated carbocycles. The summed E-state index contributed by atoms with van der Waals surface area (Å²) in [6, 6.07) is 16.2. The number of aliphatic imine (C=N–C) groups is 1. The lowest BCUT2D eigenvalue weighted by Gasteiger charge is -2.32. The average molecular weight is 769 g/mol. The van der Waals surface area contributed by atoms with Crippen LogP contribution in [0.1, 0.15) is 24.0 Å². The van der Waals surface area contributed by atoms with Crippen LogP contribution in [0.2, 0.25) is 0 Å². The van der Waals surface area contributed by atoms with Crippen LogP contribution in [0.5, 0.6) is 0 Å². The number of nitrogens with one attached hydrogen (secondary N) is 2. The standard InChI is InChI=1S/C29H33IN6O7S2/c1-20-4-12-26(13-5-20)45(41,42)43-28(33-18-22-3-2-16-35(19-22)29(31)32)27(17-21-6-10-24(11-7-21)36(37)38)34-44(39,40)25-14-8-23(30)9-15-25/h4-15,22,27,34H,2-3,16-19H2,1H3,(H3,31,32)/t22-,27-/m1/s1. The number of nitrogens with zero attached hydrogens (tertiary/aromatic N) is 3. The van der Waals surface area contributed by atoms with E-state index in [1.165, 1.54) is 48.5 Å². The van der Waals surface area contributed by atoms with Crippen LogP contribution in [0.25, 0.3) is 0 Å². The average Bonchev–Trinajstić information content (AvgIpc) is 2.99. The van der Waals surface area contributed by atoms with Crippen molar-refractivity contribution in [1.29, 1.82) is 5.41 Å². The third-order valence-corrected chi connectivity index (χ3v) is 10.6. The first-order valence-electron chi connectivity index (χ1n) is 13.9. The van der Waals surface area contributed by atoms with Gasteiger partial charge in [0.15, 0.2) is 5.96 Å². The fourth-order valence-corrected chi connectivity index (χ4v) is 7.26. The lowest BCUT2D eigenvalue weighted by Crippen LogP contribution is -2.45. The predicted octanol–water partition coefficient (Wildman–Crippen LogP) is 3.81. The highest BCUT2D eigenvalue weighted by molar-refractivity contribution is 14.1. The van der Waals surface area contributed by atoms with E-state index in [4.69, 9.17) is 15.3 Å². The van der Waals surface area contributed by atoms with Gasteiger partial charge >= 0.3 is 10.1 Å². The van der Waals surface area contributed by atoms with Gasteiger partial charge in [-0.15, -0.1) is 0 Å². The predicted molar refractivity (Wildman–Crippen MR) is 178 cm³/mol. The summed E-state index contributed by atoms with van der Waals surface area (Å²) in [7, 11) is -8.68. The minimum atomic E-state index is -4.45. The van der Waals surface area contributed by atoms with Gasteiger partial charge in [0.1, 0.15) is 10.9 Å². The van der Waals surface area contributed by atoms with E-state index in [0.717, 1.165) is 22.0 Å². The molecule has 0 aromatic heterocycles. The normalized spacial score (nSPS) is 16.6. The highest BCUT2D eigenvalue weighted by Crippen LogP contribution is 2.22. The number of non-ortho nitro benzene ring substituents is 1. The number of halogens is 1. The first-order chi connectivity index (χ1) is 21.2. The zero-order valence-electron chi connectivity index (χ0n) is 24.3. The van der Waals surface area contributed by atoms with Gasteiger partial charge in [-0.05, 0) is 96.7 Å². The zero-order chi connectivity index (χ0) is 32.8. The lowest BCUT2D eigenvalue weighted by molar-refractivity contribution is -0.384. The Bertz CT molecular complexity index is 1770. The number of hydrogen-bond donors (Lipinski definition) is 3. The van der Waals surface area contributed by atoms with Gasteiger partial charge in [0.2, 0.25) is 15.9 Å². The van der Waals surface area contributed by atoms with Gasteiger partial charge in [0, 0.05) is 35.3 Å². The van der Waals surface area contributed by atoms with Gasteiger partial charge in [-0.2, -0.15) is 13.1 Å². The Labute approximate surface area is 275 Å². The second-order valence-electron chi connectivity index (χ2n) is 10.6. The molecule has 2 atom stereocenters. The number of guanidine groups is 1. The molecule has 1 aliphatic heterocycles. The van der Waals surface area contributed by atoms with Gasteiger partial charge in [-0.25, -0.2) is 8.42 Å². The number of benzene rings is 3. The molecule has 13 nitrogen and oxygen atoms in total. The van der Waals surface area contributed by atoms with E-state index in [9.17, 15) is 26.9 Å². The molecule has 240 valence electrons. The monoisotopic (exact) mass is 768 g/mol. The van der Waals surface area contributed by atoms with Crippen LogP contribution in [-0.2, 0) is 30.7 Å². The van der Waals surface area contributed by atoms with Gasteiger partial charge < -0.3 is 14.8 Å². The van der Waals surface area contributed by atoms with Gasteiger partial charge in [-0.1, -0.05) is 29.8 Å². The summed E-state index contributed by atoms with van der Waals surface area (Å²) >= 11 is 2.05. The van der Waals surface area contributed by atoms with Crippen molar-refractivity contribution in [3.63, 3.8) is 0 Å². The highest BCUT2D eigenvalue weighted by atomic mass is 127. The van der Waals surface area contributed by atoms with Crippen LogP contribution >= 0.6 is 22.6 Å². The Morgan fingerprint density at radius 1 is 1.09 bits per heavy atom. The number of piperidine rings is 1. The van der Waals surface area contributed by atoms with Crippen LogP contribution in [0, 0.1) is 31.9 Å². The fourth-order valence-electron chi connectivity index (χ4n) is 4.75. The summed E-state index contributed by atoms with van der Waals surface area (Å²) in [6.07, 6.45) is 1.34. The van der Waals surface area contributed by atoms with Crippen LogP contribution in [0.4, 0.5) is 5.69 Å². The third kappa shape index (κ3) is 9.44. The van der Waals surface area contributed by atoms with Crippen molar-refractivity contribution in [2.75, 3.05) is 19.6 Å². The first kappa shape index (κ1) is 34.3. The molecule has 1 heterocycles. The minimum Gasteiger partial charge on any atom is -0.370 e. The van der Waals surface area contributed by atoms with Crippen molar-refractivity contribution in [2.45, 2.75) is 42.0 Å². The summed E-state index contributed by atoms with van der Waals surface area (Å²) in [5.74, 6) is -0.581. The SMILES string of the molecule is Cc1ccc(S(=O)(=O)OC(=NC[C@H]2CCCN(C(=N)N)C2)[C@@H](Cc2ccc([N+](=O)[O-])cc2)NS(=O)(=O)c2ccc(I)cc2)cc1. The third-order valence-electron chi connectivity index (χ3n) is 7.18. The Kier molecular flexibility index (Phi) is 11.2. The lowest BCUT2D eigenvalue weighted by atomic mass is 9.98. The molecule has 16 heteroatoms. The summed E-state index contributed by atoms with van der Waals surface area (Å²) in [5, 5.41) is 19.0. The maximum atomic E-state index is 13.6. The second-order valence-corrected chi connectivity index (χ2v) is 15.1. The molecule has 3 aromatic rings. The maximum Gasteiger partial charge on any atom is 0.340 e. The summed E-state index contributed by atoms with van der Waals surface area (Å²) in [5.41, 5.74) is 6.84. The molecule has 0 amide bonds. The van der Waals surface area contributed by atoms with Crippen molar-refractivity contribution in [2.24, 2.45) is 16.6 Å². The number of rotatable bonds is 11. The van der Waals surface area contributed by atoms with Gasteiger partial charge in [0.25, 0.3) is 5.69 Å². The van der Waals surface area contributed by atoms with E-state index in [0.29, 0.717) is 18.7 Å². The number of sulfonamides is 1. The van der Waals surface area contributed by atoms with E-state index in [-0.39, 0.29) is 46.2 Å². The van der Waals surface area contributed by atoms with Gasteiger partial charge in [-0.3, -0.25) is 20.5 Å². The molecule has 3 aromatic carbocycles. The zero-order valence-corrected chi connectivity index (χ0v) is 28.1. The van der Waals surface area contributed by atoms with E-state index in [1.807, 2.05) is 22.6 Å². The van der Waals surface area contributed by atoms with Crippen LogP contribution in [0.3, 0.4) is 0 Å². The summed E-state index contributed by atoms with van der Waals surface area (Å²) in [6.45, 7) is 2.90. The molecule has 0 radical (unpaired) electrons. The first-order valence-corrected chi connectivity index (χ1v) is 17.9.